The Morgan fingerprint density at radius 2 is 2.04 bits per heavy atom. The van der Waals surface area contributed by atoms with Gasteiger partial charge in [-0.15, -0.1) is 0 Å². The summed E-state index contributed by atoms with van der Waals surface area (Å²) in [4.78, 5) is 24.7. The summed E-state index contributed by atoms with van der Waals surface area (Å²) in [6, 6.07) is 13.7. The number of guanidine groups is 1. The van der Waals surface area contributed by atoms with Crippen molar-refractivity contribution < 1.29 is 4.79 Å². The minimum Gasteiger partial charge on any atom is -0.370 e. The van der Waals surface area contributed by atoms with Crippen LogP contribution in [0.15, 0.2) is 47.5 Å². The maximum absolute atomic E-state index is 13.6. The van der Waals surface area contributed by atoms with Gasteiger partial charge in [-0.2, -0.15) is 0 Å². The molecule has 0 saturated carbocycles. The van der Waals surface area contributed by atoms with E-state index in [-0.39, 0.29) is 11.9 Å². The predicted octanol–water partition coefficient (Wildman–Crippen LogP) is 2.15. The number of anilines is 2. The molecule has 7 nitrogen and oxygen atoms in total. The Bertz CT molecular complexity index is 1110. The average molecular weight is 346 g/mol. The second-order valence-corrected chi connectivity index (χ2v) is 6.62. The summed E-state index contributed by atoms with van der Waals surface area (Å²) >= 11 is 0. The molecule has 7 heteroatoms. The van der Waals surface area contributed by atoms with Crippen LogP contribution in [0.4, 0.5) is 11.6 Å². The number of aliphatic imine (C=N–C) groups is 1. The van der Waals surface area contributed by atoms with Crippen LogP contribution in [-0.4, -0.2) is 28.0 Å². The van der Waals surface area contributed by atoms with Crippen molar-refractivity contribution in [2.24, 2.45) is 10.7 Å². The van der Waals surface area contributed by atoms with Gasteiger partial charge in [0.05, 0.1) is 16.7 Å². The van der Waals surface area contributed by atoms with Crippen molar-refractivity contribution in [2.75, 3.05) is 16.8 Å². The number of rotatable bonds is 1. The Kier molecular flexibility index (Phi) is 2.79. The highest BCUT2D eigenvalue weighted by atomic mass is 16.2. The number of hydrogen-bond donors (Lipinski definition) is 2. The first-order valence-electron chi connectivity index (χ1n) is 8.59. The van der Waals surface area contributed by atoms with Crippen LogP contribution in [0.2, 0.25) is 0 Å². The van der Waals surface area contributed by atoms with Crippen molar-refractivity contribution in [3.8, 4) is 0 Å². The van der Waals surface area contributed by atoms with E-state index >= 15 is 0 Å². The van der Waals surface area contributed by atoms with Crippen LogP contribution < -0.4 is 16.0 Å². The number of nitrogens with zero attached hydrogens (tertiary/aromatic N) is 4. The first-order valence-corrected chi connectivity index (χ1v) is 8.59. The number of aryl methyl sites for hydroxylation is 1. The molecule has 1 atom stereocenters. The molecule has 0 aliphatic carbocycles. The topological polar surface area (TPSA) is 88.5 Å². The van der Waals surface area contributed by atoms with Crippen LogP contribution in [0.5, 0.6) is 0 Å². The Balaban J connectivity index is 1.94. The molecular formula is C19H18N6O. The number of hydrogen-bond acceptors (Lipinski definition) is 5. The van der Waals surface area contributed by atoms with Crippen LogP contribution >= 0.6 is 0 Å². The van der Waals surface area contributed by atoms with Crippen molar-refractivity contribution in [3.63, 3.8) is 0 Å². The summed E-state index contributed by atoms with van der Waals surface area (Å²) in [5.41, 5.74) is 9.21. The smallest absolute Gasteiger partial charge is 0.281 e. The second kappa shape index (κ2) is 4.85. The van der Waals surface area contributed by atoms with Gasteiger partial charge in [-0.1, -0.05) is 23.8 Å². The minimum atomic E-state index is -1.27. The third kappa shape index (κ3) is 1.64. The fraction of sp³-hybridized carbons (Fsp3) is 0.211. The number of carbonyl (C=O) groups excluding carboxylic acids is 1. The first kappa shape index (κ1) is 14.9. The van der Waals surface area contributed by atoms with Gasteiger partial charge in [-0.3, -0.25) is 14.7 Å². The highest BCUT2D eigenvalue weighted by molar-refractivity contribution is 6.12. The summed E-state index contributed by atoms with van der Waals surface area (Å²) in [6.07, 6.45) is 0. The van der Waals surface area contributed by atoms with E-state index in [0.29, 0.717) is 12.5 Å². The Morgan fingerprint density at radius 1 is 1.23 bits per heavy atom. The molecule has 1 spiro atoms. The standard InChI is InChI=1S/C19H18N6O/c1-3-24-14-9-8-11(2)10-12(14)19(16(24)26)23-17(20)22-18-21-13-6-4-5-7-15(13)25(18)19/h4-10H,3H2,1-2H3,(H3,20,21,22,23)/t19-/m0/s1. The average Bonchev–Trinajstić information content (AvgIpc) is 3.09. The number of para-hydroxylation sites is 2. The predicted molar refractivity (Wildman–Crippen MR) is 101 cm³/mol. The lowest BCUT2D eigenvalue weighted by molar-refractivity contribution is -0.123. The van der Waals surface area contributed by atoms with Gasteiger partial charge in [0.2, 0.25) is 11.6 Å². The molecule has 26 heavy (non-hydrogen) atoms. The van der Waals surface area contributed by atoms with Gasteiger partial charge in [0.1, 0.15) is 0 Å². The number of benzene rings is 2. The zero-order valence-electron chi connectivity index (χ0n) is 14.5. The monoisotopic (exact) mass is 346 g/mol. The van der Waals surface area contributed by atoms with Crippen LogP contribution in [0, 0.1) is 6.92 Å². The maximum Gasteiger partial charge on any atom is 0.281 e. The molecule has 0 unspecified atom stereocenters. The lowest BCUT2D eigenvalue weighted by atomic mass is 9.98. The van der Waals surface area contributed by atoms with E-state index in [2.05, 4.69) is 15.3 Å². The van der Waals surface area contributed by atoms with Crippen molar-refractivity contribution in [2.45, 2.75) is 19.5 Å². The largest absolute Gasteiger partial charge is 0.370 e. The molecule has 1 amide bonds. The molecule has 2 aliphatic rings. The molecule has 5 rings (SSSR count). The normalized spacial score (nSPS) is 20.9. The fourth-order valence-corrected chi connectivity index (χ4v) is 4.02. The molecule has 3 heterocycles. The molecule has 3 aromatic rings. The van der Waals surface area contributed by atoms with Gasteiger partial charge in [0, 0.05) is 12.1 Å². The molecule has 0 saturated heterocycles. The zero-order valence-corrected chi connectivity index (χ0v) is 14.5. The van der Waals surface area contributed by atoms with Gasteiger partial charge in [0.15, 0.2) is 5.96 Å². The molecule has 0 radical (unpaired) electrons. The van der Waals surface area contributed by atoms with Gasteiger partial charge >= 0.3 is 0 Å². The molecule has 1 aromatic heterocycles. The third-order valence-electron chi connectivity index (χ3n) is 5.08. The molecule has 0 bridgehead atoms. The highest BCUT2D eigenvalue weighted by Gasteiger charge is 2.55. The Hall–Kier alpha value is -3.35. The molecule has 130 valence electrons. The summed E-state index contributed by atoms with van der Waals surface area (Å²) < 4.78 is 1.87. The number of aromatic nitrogens is 2. The summed E-state index contributed by atoms with van der Waals surface area (Å²) in [7, 11) is 0. The number of amides is 1. The van der Waals surface area contributed by atoms with Crippen molar-refractivity contribution in [1.82, 2.24) is 9.55 Å². The second-order valence-electron chi connectivity index (χ2n) is 6.62. The van der Waals surface area contributed by atoms with E-state index in [1.54, 1.807) is 4.90 Å². The lowest BCUT2D eigenvalue weighted by Crippen LogP contribution is -2.49. The first-order chi connectivity index (χ1) is 12.6. The SMILES string of the molecule is CCN1C(=O)[C@]2(N=C(N)Nc3nc4ccccc4n32)c2cc(C)ccc21. The summed E-state index contributed by atoms with van der Waals surface area (Å²) in [6.45, 7) is 4.53. The van der Waals surface area contributed by atoms with Crippen molar-refractivity contribution in [3.05, 3.63) is 53.6 Å². The van der Waals surface area contributed by atoms with Crippen LogP contribution in [-0.2, 0) is 10.5 Å². The molecule has 0 fully saturated rings. The number of likely N-dealkylation sites (N-methyl/N-ethyl adjacent to an activating group) is 1. The van der Waals surface area contributed by atoms with E-state index in [1.165, 1.54) is 0 Å². The molecule has 3 N–H and O–H groups in total. The number of fused-ring (bicyclic) bond motifs is 6. The lowest BCUT2D eigenvalue weighted by Gasteiger charge is -2.32. The van der Waals surface area contributed by atoms with E-state index in [0.717, 1.165) is 27.8 Å². The Labute approximate surface area is 150 Å². The van der Waals surface area contributed by atoms with Crippen LogP contribution in [0.3, 0.4) is 0 Å². The van der Waals surface area contributed by atoms with Gasteiger partial charge in [-0.25, -0.2) is 9.98 Å². The Morgan fingerprint density at radius 3 is 2.85 bits per heavy atom. The van der Waals surface area contributed by atoms with Crippen LogP contribution in [0.1, 0.15) is 18.1 Å². The van der Waals surface area contributed by atoms with Crippen LogP contribution in [0.25, 0.3) is 11.0 Å². The molecular weight excluding hydrogens is 328 g/mol. The fourth-order valence-electron chi connectivity index (χ4n) is 4.02. The summed E-state index contributed by atoms with van der Waals surface area (Å²) in [5, 5.41) is 3.01. The van der Waals surface area contributed by atoms with E-state index in [9.17, 15) is 4.79 Å². The van der Waals surface area contributed by atoms with E-state index < -0.39 is 5.66 Å². The zero-order chi connectivity index (χ0) is 18.1. The maximum atomic E-state index is 13.6. The quantitative estimate of drug-likeness (QED) is 0.707. The molecule has 2 aromatic carbocycles. The summed E-state index contributed by atoms with van der Waals surface area (Å²) in [5.74, 6) is 0.596. The van der Waals surface area contributed by atoms with Gasteiger partial charge in [0.25, 0.3) is 5.91 Å². The number of nitrogens with one attached hydrogen (secondary N) is 1. The number of imidazole rings is 1. The van der Waals surface area contributed by atoms with E-state index in [4.69, 9.17) is 5.73 Å². The highest BCUT2D eigenvalue weighted by Crippen LogP contribution is 2.48. The number of carbonyl (C=O) groups is 1. The number of nitrogens with two attached hydrogens (primary N) is 1. The van der Waals surface area contributed by atoms with Crippen molar-refractivity contribution in [1.29, 1.82) is 0 Å². The minimum absolute atomic E-state index is 0.116. The van der Waals surface area contributed by atoms with Crippen molar-refractivity contribution >= 4 is 34.5 Å². The third-order valence-corrected chi connectivity index (χ3v) is 5.08. The van der Waals surface area contributed by atoms with Gasteiger partial charge in [-0.05, 0) is 38.1 Å². The van der Waals surface area contributed by atoms with E-state index in [1.807, 2.05) is 60.9 Å². The molecule has 2 aliphatic heterocycles. The van der Waals surface area contributed by atoms with Gasteiger partial charge < -0.3 is 10.6 Å².